The summed E-state index contributed by atoms with van der Waals surface area (Å²) in [5, 5.41) is 14.2. The lowest BCUT2D eigenvalue weighted by Crippen LogP contribution is -2.49. The molecule has 190 valence electrons. The second kappa shape index (κ2) is 10.8. The molecule has 2 N–H and O–H groups in total. The quantitative estimate of drug-likeness (QED) is 0.284. The highest BCUT2D eigenvalue weighted by molar-refractivity contribution is 7.92. The first-order valence-electron chi connectivity index (χ1n) is 11.7. The summed E-state index contributed by atoms with van der Waals surface area (Å²) in [6.45, 7) is 5.86. The molecule has 1 aromatic heterocycles. The van der Waals surface area contributed by atoms with E-state index in [4.69, 9.17) is 9.94 Å². The van der Waals surface area contributed by atoms with Crippen LogP contribution in [0.4, 0.5) is 0 Å². The molecular weight excluding hydrogens is 480 g/mol. The number of nitrogens with zero attached hydrogens (tertiary/aromatic N) is 3. The Morgan fingerprint density at radius 2 is 1.81 bits per heavy atom. The van der Waals surface area contributed by atoms with Crippen molar-refractivity contribution in [3.8, 4) is 11.8 Å². The molecule has 1 amide bonds. The average Bonchev–Trinajstić information content (AvgIpc) is 3.28. The number of sulfone groups is 1. The van der Waals surface area contributed by atoms with Crippen molar-refractivity contribution < 1.29 is 23.2 Å². The summed E-state index contributed by atoms with van der Waals surface area (Å²) in [5.74, 6) is 5.42. The number of ether oxygens (including phenoxy) is 1. The monoisotopic (exact) mass is 510 g/mol. The second-order valence-electron chi connectivity index (χ2n) is 9.17. The highest BCUT2D eigenvalue weighted by atomic mass is 32.2. The summed E-state index contributed by atoms with van der Waals surface area (Å²) in [6, 6.07) is 14.0. The van der Waals surface area contributed by atoms with Crippen LogP contribution in [0.2, 0.25) is 0 Å². The minimum absolute atomic E-state index is 0.0436. The lowest BCUT2D eigenvalue weighted by molar-refractivity contribution is -0.131. The number of fused-ring (bicyclic) bond motifs is 1. The summed E-state index contributed by atoms with van der Waals surface area (Å²) >= 11 is 0. The topological polar surface area (TPSA) is 114 Å². The van der Waals surface area contributed by atoms with E-state index in [-0.39, 0.29) is 13.0 Å². The fourth-order valence-electron chi connectivity index (χ4n) is 4.10. The third kappa shape index (κ3) is 5.77. The van der Waals surface area contributed by atoms with Crippen LogP contribution in [0.15, 0.2) is 48.7 Å². The van der Waals surface area contributed by atoms with Crippen LogP contribution < -0.4 is 5.48 Å². The molecule has 2 aromatic carbocycles. The molecule has 0 saturated carbocycles. The Bertz CT molecular complexity index is 1400. The van der Waals surface area contributed by atoms with Gasteiger partial charge in [-0.3, -0.25) is 19.6 Å². The maximum atomic E-state index is 12.2. The molecule has 1 fully saturated rings. The van der Waals surface area contributed by atoms with Gasteiger partial charge in [0.2, 0.25) is 0 Å². The third-order valence-corrected chi connectivity index (χ3v) is 8.68. The second-order valence-corrected chi connectivity index (χ2v) is 11.6. The van der Waals surface area contributed by atoms with Gasteiger partial charge in [-0.2, -0.15) is 5.10 Å². The van der Waals surface area contributed by atoms with Crippen LogP contribution in [0.1, 0.15) is 30.0 Å². The highest BCUT2D eigenvalue weighted by Crippen LogP contribution is 2.24. The van der Waals surface area contributed by atoms with Crippen molar-refractivity contribution in [2.24, 2.45) is 0 Å². The van der Waals surface area contributed by atoms with Crippen molar-refractivity contribution in [2.75, 3.05) is 32.6 Å². The zero-order chi connectivity index (χ0) is 25.8. The number of aryl methyl sites for hydroxylation is 1. The van der Waals surface area contributed by atoms with Crippen LogP contribution in [0.5, 0.6) is 0 Å². The van der Waals surface area contributed by atoms with E-state index in [0.717, 1.165) is 61.1 Å². The minimum Gasteiger partial charge on any atom is -0.379 e. The molecule has 10 heteroatoms. The molecule has 0 bridgehead atoms. The van der Waals surface area contributed by atoms with Gasteiger partial charge in [-0.25, -0.2) is 13.9 Å². The van der Waals surface area contributed by atoms with Gasteiger partial charge in [-0.1, -0.05) is 24.0 Å². The number of carbonyl (C=O) groups is 1. The number of nitrogens with one attached hydrogen (secondary N) is 1. The SMILES string of the molecule is CC(CCn1ncc2cc(C#Cc3ccc(CN4CCOCC4)cc3)ccc21)(C(=O)NO)S(C)(=O)=O. The summed E-state index contributed by atoms with van der Waals surface area (Å²) < 4.78 is 29.7. The molecule has 4 rings (SSSR count). The number of hydrogen-bond acceptors (Lipinski definition) is 7. The number of hydroxylamine groups is 1. The average molecular weight is 511 g/mol. The number of carbonyl (C=O) groups excluding carboxylic acids is 1. The number of aromatic nitrogens is 2. The molecule has 9 nitrogen and oxygen atoms in total. The number of rotatable bonds is 7. The number of benzene rings is 2. The Hall–Kier alpha value is -3.23. The van der Waals surface area contributed by atoms with Crippen molar-refractivity contribution in [3.05, 3.63) is 65.4 Å². The van der Waals surface area contributed by atoms with E-state index < -0.39 is 20.5 Å². The predicted octanol–water partition coefficient (Wildman–Crippen LogP) is 1.97. The third-order valence-electron chi connectivity index (χ3n) is 6.66. The van der Waals surface area contributed by atoms with Crippen LogP contribution in [-0.4, -0.2) is 71.5 Å². The van der Waals surface area contributed by atoms with Gasteiger partial charge in [0.05, 0.1) is 24.9 Å². The van der Waals surface area contributed by atoms with E-state index >= 15 is 0 Å². The van der Waals surface area contributed by atoms with Gasteiger partial charge in [0.15, 0.2) is 14.6 Å². The Kier molecular flexibility index (Phi) is 7.76. The fourth-order valence-corrected chi connectivity index (χ4v) is 4.95. The van der Waals surface area contributed by atoms with Crippen molar-refractivity contribution in [2.45, 2.75) is 31.2 Å². The first kappa shape index (κ1) is 25.9. The van der Waals surface area contributed by atoms with E-state index in [1.54, 1.807) is 10.9 Å². The van der Waals surface area contributed by atoms with Crippen molar-refractivity contribution in [1.29, 1.82) is 0 Å². The predicted molar refractivity (Wildman–Crippen MR) is 136 cm³/mol. The van der Waals surface area contributed by atoms with Gasteiger partial charge in [-0.15, -0.1) is 0 Å². The zero-order valence-electron chi connectivity index (χ0n) is 20.4. The molecule has 0 spiro atoms. The van der Waals surface area contributed by atoms with Crippen molar-refractivity contribution >= 4 is 26.6 Å². The number of morpholine rings is 1. The Labute approximate surface area is 210 Å². The summed E-state index contributed by atoms with van der Waals surface area (Å²) in [6.07, 6.45) is 2.62. The van der Waals surface area contributed by atoms with Crippen molar-refractivity contribution in [3.63, 3.8) is 0 Å². The first-order valence-corrected chi connectivity index (χ1v) is 13.6. The molecular formula is C26H30N4O5S. The molecule has 0 aliphatic carbocycles. The Morgan fingerprint density at radius 1 is 1.14 bits per heavy atom. The summed E-state index contributed by atoms with van der Waals surface area (Å²) in [7, 11) is -3.77. The Balaban J connectivity index is 1.44. The van der Waals surface area contributed by atoms with Crippen LogP contribution >= 0.6 is 0 Å². The molecule has 0 radical (unpaired) electrons. The molecule has 1 aliphatic rings. The zero-order valence-corrected chi connectivity index (χ0v) is 21.2. The van der Waals surface area contributed by atoms with Gasteiger partial charge in [0.25, 0.3) is 5.91 Å². The first-order chi connectivity index (χ1) is 17.2. The number of hydrogen-bond donors (Lipinski definition) is 2. The van der Waals surface area contributed by atoms with Crippen molar-refractivity contribution in [1.82, 2.24) is 20.2 Å². The maximum Gasteiger partial charge on any atom is 0.264 e. The van der Waals surface area contributed by atoms with E-state index in [0.29, 0.717) is 0 Å². The van der Waals surface area contributed by atoms with E-state index in [1.165, 1.54) is 18.0 Å². The van der Waals surface area contributed by atoms with Gasteiger partial charge >= 0.3 is 0 Å². The van der Waals surface area contributed by atoms with Crippen LogP contribution in [-0.2, 0) is 32.5 Å². The van der Waals surface area contributed by atoms with E-state index in [1.807, 2.05) is 30.3 Å². The normalized spacial score (nSPS) is 16.2. The highest BCUT2D eigenvalue weighted by Gasteiger charge is 2.43. The standard InChI is InChI=1S/C26H30N4O5S/c1-26(25(31)28-32,36(2,33)34)11-12-30-24-10-9-21(17-23(24)18-27-30)6-3-20-4-7-22(8-5-20)19-29-13-15-35-16-14-29/h4-5,7-10,17-18,32H,11-16,19H2,1-2H3,(H,28,31). The molecule has 3 aromatic rings. The van der Waals surface area contributed by atoms with Gasteiger partial charge in [-0.05, 0) is 49.2 Å². The van der Waals surface area contributed by atoms with Gasteiger partial charge in [0.1, 0.15) is 0 Å². The molecule has 1 aliphatic heterocycles. The van der Waals surface area contributed by atoms with Crippen LogP contribution in [0.3, 0.4) is 0 Å². The molecule has 1 atom stereocenters. The van der Waals surface area contributed by atoms with E-state index in [9.17, 15) is 13.2 Å². The van der Waals surface area contributed by atoms with Gasteiger partial charge in [0, 0.05) is 48.9 Å². The fraction of sp³-hybridized carbons (Fsp3) is 0.385. The lowest BCUT2D eigenvalue weighted by Gasteiger charge is -2.26. The van der Waals surface area contributed by atoms with Crippen LogP contribution in [0.25, 0.3) is 10.9 Å². The largest absolute Gasteiger partial charge is 0.379 e. The van der Waals surface area contributed by atoms with Gasteiger partial charge < -0.3 is 4.74 Å². The molecule has 1 unspecified atom stereocenters. The van der Waals surface area contributed by atoms with Crippen LogP contribution in [0, 0.1) is 11.8 Å². The smallest absolute Gasteiger partial charge is 0.264 e. The maximum absolute atomic E-state index is 12.2. The minimum atomic E-state index is -3.77. The molecule has 2 heterocycles. The molecule has 1 saturated heterocycles. The lowest BCUT2D eigenvalue weighted by atomic mass is 10.1. The number of amides is 1. The van der Waals surface area contributed by atoms with E-state index in [2.05, 4.69) is 34.0 Å². The Morgan fingerprint density at radius 3 is 2.47 bits per heavy atom. The molecule has 36 heavy (non-hydrogen) atoms. The summed E-state index contributed by atoms with van der Waals surface area (Å²) in [4.78, 5) is 14.4. The summed E-state index contributed by atoms with van der Waals surface area (Å²) in [5.41, 5.74) is 5.28.